The Morgan fingerprint density at radius 3 is 2.72 bits per heavy atom. The van der Waals surface area contributed by atoms with Crippen LogP contribution in [-0.2, 0) is 9.59 Å². The Bertz CT molecular complexity index is 797. The lowest BCUT2D eigenvalue weighted by atomic mass is 9.94. The van der Waals surface area contributed by atoms with Crippen LogP contribution in [0.1, 0.15) is 13.3 Å². The number of anilines is 1. The van der Waals surface area contributed by atoms with Gasteiger partial charge < -0.3 is 21.1 Å². The molecule has 2 amide bonds. The predicted octanol–water partition coefficient (Wildman–Crippen LogP) is 2.47. The van der Waals surface area contributed by atoms with Gasteiger partial charge in [-0.25, -0.2) is 0 Å². The largest absolute Gasteiger partial charge is 0.497 e. The second-order valence-corrected chi connectivity index (χ2v) is 6.35. The summed E-state index contributed by atoms with van der Waals surface area (Å²) in [6, 6.07) is 7.38. The molecule has 0 fully saturated rings. The van der Waals surface area contributed by atoms with Crippen LogP contribution in [0.5, 0.6) is 5.75 Å². The molecular formula is C22H30N4O3. The monoisotopic (exact) mass is 398 g/mol. The Kier molecular flexibility index (Phi) is 10.7. The number of allylic oxidation sites excluding steroid dienone is 4. The molecule has 0 spiro atoms. The molecule has 0 aromatic heterocycles. The standard InChI is InChI=1S/C14H21N3O.C8H9NO2/c1-10(9-13(15)18)14(17-3)11-5-4-6-12(16-2)8-7-11;1-11-8-4-2-3-7(5-8)9-6-10/h4-8,10,12,16H,9H2,1-3H3,(H2,15,18);2-6H,1H3,(H,9,10). The van der Waals surface area contributed by atoms with Crippen molar-refractivity contribution in [2.24, 2.45) is 16.6 Å². The van der Waals surface area contributed by atoms with Crippen molar-refractivity contribution in [1.29, 1.82) is 0 Å². The molecule has 2 rings (SSSR count). The van der Waals surface area contributed by atoms with Gasteiger partial charge in [-0.3, -0.25) is 14.6 Å². The zero-order chi connectivity index (χ0) is 21.6. The van der Waals surface area contributed by atoms with Gasteiger partial charge >= 0.3 is 0 Å². The number of benzene rings is 1. The lowest BCUT2D eigenvalue weighted by molar-refractivity contribution is -0.118. The van der Waals surface area contributed by atoms with E-state index in [1.807, 2.05) is 44.3 Å². The van der Waals surface area contributed by atoms with E-state index in [1.54, 1.807) is 26.3 Å². The molecule has 0 heterocycles. The van der Waals surface area contributed by atoms with Gasteiger partial charge in [-0.05, 0) is 24.8 Å². The van der Waals surface area contributed by atoms with Crippen molar-refractivity contribution < 1.29 is 14.3 Å². The molecule has 7 heteroatoms. The number of ether oxygens (including phenoxy) is 1. The van der Waals surface area contributed by atoms with Gasteiger partial charge in [0.15, 0.2) is 0 Å². The summed E-state index contributed by atoms with van der Waals surface area (Å²) in [6.07, 6.45) is 11.1. The van der Waals surface area contributed by atoms with Crippen LogP contribution in [0.4, 0.5) is 5.69 Å². The Labute approximate surface area is 172 Å². The normalized spacial score (nSPS) is 16.6. The van der Waals surface area contributed by atoms with Crippen LogP contribution in [0.2, 0.25) is 0 Å². The third-order valence-corrected chi connectivity index (χ3v) is 4.22. The minimum Gasteiger partial charge on any atom is -0.497 e. The lowest BCUT2D eigenvalue weighted by Gasteiger charge is -2.13. The number of amides is 2. The summed E-state index contributed by atoms with van der Waals surface area (Å²) < 4.78 is 4.95. The van der Waals surface area contributed by atoms with Gasteiger partial charge in [-0.1, -0.05) is 43.4 Å². The van der Waals surface area contributed by atoms with Crippen LogP contribution in [0, 0.1) is 5.92 Å². The Hall–Kier alpha value is -3.19. The Balaban J connectivity index is 0.000000326. The average molecular weight is 399 g/mol. The lowest BCUT2D eigenvalue weighted by Crippen LogP contribution is -2.22. The fourth-order valence-corrected chi connectivity index (χ4v) is 2.78. The average Bonchev–Trinajstić information content (AvgIpc) is 2.94. The van der Waals surface area contributed by atoms with Crippen molar-refractivity contribution in [3.05, 3.63) is 60.2 Å². The second kappa shape index (κ2) is 13.1. The molecule has 4 N–H and O–H groups in total. The fourth-order valence-electron chi connectivity index (χ4n) is 2.78. The first-order valence-electron chi connectivity index (χ1n) is 9.28. The Morgan fingerprint density at radius 2 is 2.14 bits per heavy atom. The highest BCUT2D eigenvalue weighted by molar-refractivity contribution is 6.05. The van der Waals surface area contributed by atoms with Crippen LogP contribution in [0.3, 0.4) is 0 Å². The van der Waals surface area contributed by atoms with E-state index in [0.717, 1.165) is 22.7 Å². The summed E-state index contributed by atoms with van der Waals surface area (Å²) >= 11 is 0. The summed E-state index contributed by atoms with van der Waals surface area (Å²) in [4.78, 5) is 25.3. The van der Waals surface area contributed by atoms with E-state index in [4.69, 9.17) is 10.5 Å². The maximum absolute atomic E-state index is 11.0. The quantitative estimate of drug-likeness (QED) is 0.462. The zero-order valence-electron chi connectivity index (χ0n) is 17.4. The van der Waals surface area contributed by atoms with E-state index in [0.29, 0.717) is 12.8 Å². The molecular weight excluding hydrogens is 368 g/mol. The molecule has 7 nitrogen and oxygen atoms in total. The van der Waals surface area contributed by atoms with Crippen LogP contribution in [0.25, 0.3) is 0 Å². The summed E-state index contributed by atoms with van der Waals surface area (Å²) in [5.74, 6) is 0.463. The van der Waals surface area contributed by atoms with Crippen molar-refractivity contribution in [1.82, 2.24) is 5.32 Å². The zero-order valence-corrected chi connectivity index (χ0v) is 17.4. The van der Waals surface area contributed by atoms with Crippen molar-refractivity contribution in [3.8, 4) is 5.75 Å². The van der Waals surface area contributed by atoms with Crippen LogP contribution in [0.15, 0.2) is 65.2 Å². The number of rotatable bonds is 8. The minimum absolute atomic E-state index is 0.0305. The highest BCUT2D eigenvalue weighted by atomic mass is 16.5. The smallest absolute Gasteiger partial charge is 0.218 e. The van der Waals surface area contributed by atoms with Gasteiger partial charge in [-0.15, -0.1) is 0 Å². The molecule has 1 aliphatic rings. The third-order valence-electron chi connectivity index (χ3n) is 4.22. The maximum Gasteiger partial charge on any atom is 0.218 e. The molecule has 2 unspecified atom stereocenters. The SMILES string of the molecule is CN=C(C1=CC=CC(NC)C=C1)C(C)CC(N)=O.COc1cccc(NC=O)c1. The molecule has 1 aromatic rings. The Morgan fingerprint density at radius 1 is 1.38 bits per heavy atom. The number of carbonyl (C=O) groups excluding carboxylic acids is 2. The number of nitrogens with zero attached hydrogens (tertiary/aromatic N) is 1. The number of nitrogens with one attached hydrogen (secondary N) is 2. The summed E-state index contributed by atoms with van der Waals surface area (Å²) in [6.45, 7) is 1.96. The van der Waals surface area contributed by atoms with Gasteiger partial charge in [0, 0.05) is 42.9 Å². The van der Waals surface area contributed by atoms with E-state index in [9.17, 15) is 9.59 Å². The third kappa shape index (κ3) is 8.57. The van der Waals surface area contributed by atoms with Crippen molar-refractivity contribution in [2.75, 3.05) is 26.5 Å². The molecule has 156 valence electrons. The minimum atomic E-state index is -0.300. The molecule has 0 radical (unpaired) electrons. The topological polar surface area (TPSA) is 106 Å². The molecule has 29 heavy (non-hydrogen) atoms. The number of nitrogens with two attached hydrogens (primary N) is 1. The van der Waals surface area contributed by atoms with E-state index < -0.39 is 0 Å². The van der Waals surface area contributed by atoms with E-state index in [-0.39, 0.29) is 17.9 Å². The van der Waals surface area contributed by atoms with Crippen LogP contribution >= 0.6 is 0 Å². The highest BCUT2D eigenvalue weighted by Crippen LogP contribution is 2.16. The molecule has 0 bridgehead atoms. The molecule has 1 aliphatic carbocycles. The van der Waals surface area contributed by atoms with E-state index >= 15 is 0 Å². The van der Waals surface area contributed by atoms with Gasteiger partial charge in [-0.2, -0.15) is 0 Å². The first kappa shape index (κ1) is 23.8. The number of aliphatic imine (C=N–C) groups is 1. The molecule has 0 aliphatic heterocycles. The number of likely N-dealkylation sites (N-methyl/N-ethyl adjacent to an activating group) is 1. The highest BCUT2D eigenvalue weighted by Gasteiger charge is 2.16. The van der Waals surface area contributed by atoms with Crippen LogP contribution in [-0.4, -0.2) is 45.3 Å². The molecule has 0 saturated carbocycles. The van der Waals surface area contributed by atoms with Crippen LogP contribution < -0.4 is 21.1 Å². The number of hydrogen-bond acceptors (Lipinski definition) is 5. The summed E-state index contributed by atoms with van der Waals surface area (Å²) in [7, 11) is 5.24. The van der Waals surface area contributed by atoms with Gasteiger partial charge in [0.05, 0.1) is 7.11 Å². The number of hydrogen-bond donors (Lipinski definition) is 3. The fraction of sp³-hybridized carbons (Fsp3) is 0.318. The molecule has 1 aromatic carbocycles. The van der Waals surface area contributed by atoms with Gasteiger partial charge in [0.2, 0.25) is 12.3 Å². The number of primary amides is 1. The van der Waals surface area contributed by atoms with Gasteiger partial charge in [0.25, 0.3) is 0 Å². The number of methoxy groups -OCH3 is 1. The van der Waals surface area contributed by atoms with Gasteiger partial charge in [0.1, 0.15) is 5.75 Å². The van der Waals surface area contributed by atoms with E-state index in [2.05, 4.69) is 27.8 Å². The first-order valence-corrected chi connectivity index (χ1v) is 9.28. The van der Waals surface area contributed by atoms with Crippen molar-refractivity contribution >= 4 is 23.7 Å². The number of carbonyl (C=O) groups is 2. The first-order chi connectivity index (χ1) is 13.9. The summed E-state index contributed by atoms with van der Waals surface area (Å²) in [5, 5.41) is 5.68. The van der Waals surface area contributed by atoms with Crippen molar-refractivity contribution in [2.45, 2.75) is 19.4 Å². The summed E-state index contributed by atoms with van der Waals surface area (Å²) in [5.41, 5.74) is 7.91. The predicted molar refractivity (Wildman–Crippen MR) is 118 cm³/mol. The van der Waals surface area contributed by atoms with E-state index in [1.165, 1.54) is 0 Å². The molecule has 0 saturated heterocycles. The molecule has 2 atom stereocenters. The maximum atomic E-state index is 11.0. The second-order valence-electron chi connectivity index (χ2n) is 6.35. The van der Waals surface area contributed by atoms with Crippen molar-refractivity contribution in [3.63, 3.8) is 0 Å².